The van der Waals surface area contributed by atoms with Gasteiger partial charge in [-0.3, -0.25) is 14.9 Å². The van der Waals surface area contributed by atoms with Gasteiger partial charge in [-0.1, -0.05) is 0 Å². The van der Waals surface area contributed by atoms with Crippen molar-refractivity contribution in [3.63, 3.8) is 0 Å². The van der Waals surface area contributed by atoms with Crippen LogP contribution in [0.15, 0.2) is 55.0 Å². The standard InChI is InChI=1S/C23H26N4O3/c1-23(2,30-18-8-6-17(29-3)7-9-18)22(28)27-14-4-5-20(27)21-19(15-25-26-21)16-10-12-24-13-11-16/h6-13,15,20H,4-5,14H2,1-3H3,(H,25,26). The number of aromatic amines is 1. The molecule has 0 aliphatic carbocycles. The van der Waals surface area contributed by atoms with Crippen LogP contribution in [0.1, 0.15) is 38.4 Å². The number of hydrogen-bond donors (Lipinski definition) is 1. The molecule has 0 bridgehead atoms. The third kappa shape index (κ3) is 3.87. The Balaban J connectivity index is 1.56. The second kappa shape index (κ2) is 8.18. The molecule has 156 valence electrons. The van der Waals surface area contributed by atoms with Gasteiger partial charge in [-0.25, -0.2) is 0 Å². The van der Waals surface area contributed by atoms with Gasteiger partial charge in [-0.2, -0.15) is 5.10 Å². The van der Waals surface area contributed by atoms with Crippen molar-refractivity contribution >= 4 is 5.91 Å². The summed E-state index contributed by atoms with van der Waals surface area (Å²) >= 11 is 0. The number of rotatable bonds is 6. The number of likely N-dealkylation sites (tertiary alicyclic amines) is 1. The smallest absolute Gasteiger partial charge is 0.266 e. The van der Waals surface area contributed by atoms with E-state index in [1.165, 1.54) is 0 Å². The number of nitrogens with one attached hydrogen (secondary N) is 1. The number of nitrogens with zero attached hydrogens (tertiary/aromatic N) is 3. The van der Waals surface area contributed by atoms with E-state index in [2.05, 4.69) is 15.2 Å². The van der Waals surface area contributed by atoms with E-state index in [-0.39, 0.29) is 11.9 Å². The van der Waals surface area contributed by atoms with Gasteiger partial charge in [0.1, 0.15) is 11.5 Å². The number of ether oxygens (including phenoxy) is 2. The van der Waals surface area contributed by atoms with Gasteiger partial charge in [0.05, 0.1) is 25.0 Å². The number of methoxy groups -OCH3 is 1. The first-order chi connectivity index (χ1) is 14.5. The highest BCUT2D eigenvalue weighted by Gasteiger charge is 2.41. The topological polar surface area (TPSA) is 80.3 Å². The van der Waals surface area contributed by atoms with Crippen LogP contribution >= 0.6 is 0 Å². The van der Waals surface area contributed by atoms with Gasteiger partial charge in [0.2, 0.25) is 0 Å². The van der Waals surface area contributed by atoms with Gasteiger partial charge in [-0.05, 0) is 68.7 Å². The molecule has 0 saturated carbocycles. The van der Waals surface area contributed by atoms with Gasteiger partial charge < -0.3 is 14.4 Å². The lowest BCUT2D eigenvalue weighted by atomic mass is 10.0. The first-order valence-corrected chi connectivity index (χ1v) is 10.1. The first-order valence-electron chi connectivity index (χ1n) is 10.1. The van der Waals surface area contributed by atoms with E-state index in [4.69, 9.17) is 9.47 Å². The number of carbonyl (C=O) groups is 1. The lowest BCUT2D eigenvalue weighted by Crippen LogP contribution is -2.48. The molecule has 4 rings (SSSR count). The molecule has 1 aliphatic heterocycles. The number of aromatic nitrogens is 3. The quantitative estimate of drug-likeness (QED) is 0.669. The molecule has 0 radical (unpaired) electrons. The molecular weight excluding hydrogens is 380 g/mol. The van der Waals surface area contributed by atoms with Crippen molar-refractivity contribution in [2.24, 2.45) is 0 Å². The maximum absolute atomic E-state index is 13.5. The second-order valence-corrected chi connectivity index (χ2v) is 7.88. The van der Waals surface area contributed by atoms with Crippen LogP contribution in [0.25, 0.3) is 11.1 Å². The van der Waals surface area contributed by atoms with Crippen LogP contribution in [0, 0.1) is 0 Å². The molecule has 1 fully saturated rings. The number of pyridine rings is 1. The zero-order valence-corrected chi connectivity index (χ0v) is 17.5. The largest absolute Gasteiger partial charge is 0.497 e. The molecule has 3 aromatic rings. The van der Waals surface area contributed by atoms with Gasteiger partial charge in [-0.15, -0.1) is 0 Å². The lowest BCUT2D eigenvalue weighted by Gasteiger charge is -2.33. The molecule has 7 heteroatoms. The highest BCUT2D eigenvalue weighted by Crippen LogP contribution is 2.38. The summed E-state index contributed by atoms with van der Waals surface area (Å²) < 4.78 is 11.3. The minimum absolute atomic E-state index is 0.0453. The predicted molar refractivity (Wildman–Crippen MR) is 113 cm³/mol. The average molecular weight is 406 g/mol. The third-order valence-electron chi connectivity index (χ3n) is 5.45. The Morgan fingerprint density at radius 1 is 1.13 bits per heavy atom. The van der Waals surface area contributed by atoms with Crippen molar-refractivity contribution in [1.29, 1.82) is 0 Å². The molecule has 1 atom stereocenters. The normalized spacial score (nSPS) is 16.5. The van der Waals surface area contributed by atoms with Crippen molar-refractivity contribution in [1.82, 2.24) is 20.1 Å². The van der Waals surface area contributed by atoms with E-state index >= 15 is 0 Å². The Bertz CT molecular complexity index is 999. The van der Waals surface area contributed by atoms with Crippen LogP contribution in [-0.2, 0) is 4.79 Å². The van der Waals surface area contributed by atoms with Crippen LogP contribution in [0.4, 0.5) is 0 Å². The number of H-pyrrole nitrogens is 1. The van der Waals surface area contributed by atoms with Gasteiger partial charge in [0, 0.05) is 24.5 Å². The zero-order chi connectivity index (χ0) is 21.1. The van der Waals surface area contributed by atoms with Crippen molar-refractivity contribution in [3.8, 4) is 22.6 Å². The highest BCUT2D eigenvalue weighted by atomic mass is 16.5. The average Bonchev–Trinajstić information content (AvgIpc) is 3.43. The summed E-state index contributed by atoms with van der Waals surface area (Å²) in [5, 5.41) is 7.38. The number of amides is 1. The molecule has 1 saturated heterocycles. The Morgan fingerprint density at radius 3 is 2.53 bits per heavy atom. The Morgan fingerprint density at radius 2 is 1.83 bits per heavy atom. The molecular formula is C23H26N4O3. The van der Waals surface area contributed by atoms with Crippen LogP contribution in [0.2, 0.25) is 0 Å². The van der Waals surface area contributed by atoms with Crippen LogP contribution in [-0.4, -0.2) is 45.2 Å². The molecule has 1 aromatic carbocycles. The SMILES string of the molecule is COc1ccc(OC(C)(C)C(=O)N2CCCC2c2[nH]ncc2-c2ccncc2)cc1. The van der Waals surface area contributed by atoms with Crippen LogP contribution in [0.5, 0.6) is 11.5 Å². The van der Waals surface area contributed by atoms with Crippen LogP contribution < -0.4 is 9.47 Å². The fourth-order valence-electron chi connectivity index (χ4n) is 3.95. The van der Waals surface area contributed by atoms with E-state index in [1.54, 1.807) is 19.5 Å². The summed E-state index contributed by atoms with van der Waals surface area (Å²) in [6, 6.07) is 11.1. The fourth-order valence-corrected chi connectivity index (χ4v) is 3.95. The van der Waals surface area contributed by atoms with E-state index in [9.17, 15) is 4.79 Å². The van der Waals surface area contributed by atoms with E-state index < -0.39 is 5.60 Å². The number of hydrogen-bond acceptors (Lipinski definition) is 5. The molecule has 3 heterocycles. The van der Waals surface area contributed by atoms with Crippen molar-refractivity contribution in [2.75, 3.05) is 13.7 Å². The summed E-state index contributed by atoms with van der Waals surface area (Å²) in [5.74, 6) is 1.33. The predicted octanol–water partition coefficient (Wildman–Crippen LogP) is 4.00. The second-order valence-electron chi connectivity index (χ2n) is 7.88. The molecule has 7 nitrogen and oxygen atoms in total. The van der Waals surface area contributed by atoms with Crippen molar-refractivity contribution < 1.29 is 14.3 Å². The molecule has 0 spiro atoms. The summed E-state index contributed by atoms with van der Waals surface area (Å²) in [5.41, 5.74) is 1.97. The van der Waals surface area contributed by atoms with Gasteiger partial charge in [0.25, 0.3) is 5.91 Å². The van der Waals surface area contributed by atoms with Crippen LogP contribution in [0.3, 0.4) is 0 Å². The Hall–Kier alpha value is -3.35. The highest BCUT2D eigenvalue weighted by molar-refractivity contribution is 5.85. The summed E-state index contributed by atoms with van der Waals surface area (Å²) in [4.78, 5) is 19.5. The molecule has 30 heavy (non-hydrogen) atoms. The fraction of sp³-hybridized carbons (Fsp3) is 0.348. The van der Waals surface area contributed by atoms with E-state index in [1.807, 2.05) is 61.3 Å². The Labute approximate surface area is 176 Å². The maximum atomic E-state index is 13.5. The number of benzene rings is 1. The van der Waals surface area contributed by atoms with E-state index in [0.29, 0.717) is 12.3 Å². The molecule has 1 N–H and O–H groups in total. The molecule has 2 aromatic heterocycles. The Kier molecular flexibility index (Phi) is 5.44. The van der Waals surface area contributed by atoms with Crippen molar-refractivity contribution in [3.05, 3.63) is 60.7 Å². The molecule has 1 amide bonds. The number of carbonyl (C=O) groups excluding carboxylic acids is 1. The molecule has 1 aliphatic rings. The van der Waals surface area contributed by atoms with Gasteiger partial charge >= 0.3 is 0 Å². The van der Waals surface area contributed by atoms with Gasteiger partial charge in [0.15, 0.2) is 5.60 Å². The third-order valence-corrected chi connectivity index (χ3v) is 5.45. The van der Waals surface area contributed by atoms with Crippen molar-refractivity contribution in [2.45, 2.75) is 38.3 Å². The maximum Gasteiger partial charge on any atom is 0.266 e. The first kappa shape index (κ1) is 19.9. The monoisotopic (exact) mass is 406 g/mol. The summed E-state index contributed by atoms with van der Waals surface area (Å²) in [7, 11) is 1.62. The minimum Gasteiger partial charge on any atom is -0.497 e. The zero-order valence-electron chi connectivity index (χ0n) is 17.5. The minimum atomic E-state index is -1.01. The molecule has 1 unspecified atom stereocenters. The summed E-state index contributed by atoms with van der Waals surface area (Å²) in [6.07, 6.45) is 7.14. The van der Waals surface area contributed by atoms with E-state index in [0.717, 1.165) is 35.4 Å². The lowest BCUT2D eigenvalue weighted by molar-refractivity contribution is -0.146. The summed E-state index contributed by atoms with van der Waals surface area (Å²) in [6.45, 7) is 4.31.